The van der Waals surface area contributed by atoms with Crippen molar-refractivity contribution in [2.75, 3.05) is 11.9 Å². The van der Waals surface area contributed by atoms with Gasteiger partial charge in [-0.2, -0.15) is 0 Å². The third-order valence-electron chi connectivity index (χ3n) is 4.70. The zero-order chi connectivity index (χ0) is 23.5. The van der Waals surface area contributed by atoms with Crippen molar-refractivity contribution in [3.63, 3.8) is 0 Å². The van der Waals surface area contributed by atoms with Crippen molar-refractivity contribution in [3.05, 3.63) is 75.6 Å². The number of hydrogen-bond acceptors (Lipinski definition) is 7. The first kappa shape index (κ1) is 22.6. The molecule has 2 aromatic carbocycles. The van der Waals surface area contributed by atoms with Gasteiger partial charge < -0.3 is 9.26 Å². The fourth-order valence-electron chi connectivity index (χ4n) is 3.05. The molecule has 2 aromatic heterocycles. The monoisotopic (exact) mass is 485 g/mol. The van der Waals surface area contributed by atoms with Gasteiger partial charge in [0.05, 0.1) is 16.3 Å². The second kappa shape index (κ2) is 9.51. The van der Waals surface area contributed by atoms with E-state index < -0.39 is 24.3 Å². The number of halogens is 2. The van der Waals surface area contributed by atoms with Crippen molar-refractivity contribution >= 4 is 39.9 Å². The molecule has 10 heteroatoms. The molecule has 0 bridgehead atoms. The Morgan fingerprint density at radius 1 is 1.18 bits per heavy atom. The Morgan fingerprint density at radius 2 is 1.94 bits per heavy atom. The molecule has 0 saturated carbocycles. The molecule has 2 heterocycles. The van der Waals surface area contributed by atoms with E-state index in [1.165, 1.54) is 36.5 Å². The highest BCUT2D eigenvalue weighted by Gasteiger charge is 2.27. The van der Waals surface area contributed by atoms with Gasteiger partial charge in [0.1, 0.15) is 22.8 Å². The van der Waals surface area contributed by atoms with Gasteiger partial charge in [0.15, 0.2) is 11.7 Å². The maximum atomic E-state index is 14.3. The van der Waals surface area contributed by atoms with Crippen LogP contribution in [0, 0.1) is 19.7 Å². The molecule has 4 rings (SSSR count). The number of nitrogens with zero attached hydrogens (tertiary/aromatic N) is 2. The summed E-state index contributed by atoms with van der Waals surface area (Å²) >= 11 is 7.33. The highest BCUT2D eigenvalue weighted by Crippen LogP contribution is 2.33. The maximum Gasteiger partial charge on any atom is 0.344 e. The van der Waals surface area contributed by atoms with Gasteiger partial charge >= 0.3 is 5.97 Å². The number of ether oxygens (including phenoxy) is 1. The van der Waals surface area contributed by atoms with E-state index in [9.17, 15) is 14.0 Å². The molecule has 0 unspecified atom stereocenters. The number of carbonyl (C=O) groups excluding carboxylic acids is 2. The highest BCUT2D eigenvalue weighted by molar-refractivity contribution is 7.14. The molecule has 1 N–H and O–H groups in total. The van der Waals surface area contributed by atoms with E-state index in [2.05, 4.69) is 15.5 Å². The molecule has 0 atom stereocenters. The molecule has 0 aliphatic heterocycles. The molecule has 0 fully saturated rings. The van der Waals surface area contributed by atoms with Crippen molar-refractivity contribution in [3.8, 4) is 22.5 Å². The number of aryl methyl sites for hydroxylation is 2. The van der Waals surface area contributed by atoms with Gasteiger partial charge in [-0.1, -0.05) is 52.7 Å². The van der Waals surface area contributed by atoms with Gasteiger partial charge in [-0.25, -0.2) is 14.2 Å². The Balaban J connectivity index is 1.42. The molecule has 0 spiro atoms. The highest BCUT2D eigenvalue weighted by atomic mass is 35.5. The number of amides is 1. The van der Waals surface area contributed by atoms with Crippen LogP contribution in [0.25, 0.3) is 22.5 Å². The Hall–Kier alpha value is -3.56. The van der Waals surface area contributed by atoms with Crippen LogP contribution in [0.3, 0.4) is 0 Å². The molecule has 0 radical (unpaired) electrons. The first-order chi connectivity index (χ1) is 15.8. The van der Waals surface area contributed by atoms with Crippen LogP contribution in [0.5, 0.6) is 0 Å². The van der Waals surface area contributed by atoms with Crippen LogP contribution in [0.2, 0.25) is 5.02 Å². The molecule has 4 aromatic rings. The Bertz CT molecular complexity index is 1310. The number of nitrogens with one attached hydrogen (secondary N) is 1. The predicted molar refractivity (Wildman–Crippen MR) is 123 cm³/mol. The molecule has 7 nitrogen and oxygen atoms in total. The topological polar surface area (TPSA) is 94.3 Å². The number of carbonyl (C=O) groups is 2. The SMILES string of the molecule is Cc1ccc(-c2csc(NC(=O)COC(=O)c3c(-c4c(F)cccc4Cl)noc3C)n2)cc1. The molecule has 0 aliphatic carbocycles. The van der Waals surface area contributed by atoms with E-state index in [1.54, 1.807) is 0 Å². The first-order valence-electron chi connectivity index (χ1n) is 9.73. The minimum atomic E-state index is -0.891. The lowest BCUT2D eigenvalue weighted by Gasteiger charge is -2.07. The summed E-state index contributed by atoms with van der Waals surface area (Å²) in [5, 5.41) is 8.59. The zero-order valence-corrected chi connectivity index (χ0v) is 19.1. The number of esters is 1. The predicted octanol–water partition coefficient (Wildman–Crippen LogP) is 5.67. The summed E-state index contributed by atoms with van der Waals surface area (Å²) in [5.74, 6) is -2.03. The number of anilines is 1. The third-order valence-corrected chi connectivity index (χ3v) is 5.77. The zero-order valence-electron chi connectivity index (χ0n) is 17.5. The number of benzene rings is 2. The minimum Gasteiger partial charge on any atom is -0.452 e. The molecule has 1 amide bonds. The van der Waals surface area contributed by atoms with Crippen molar-refractivity contribution in [2.24, 2.45) is 0 Å². The van der Waals surface area contributed by atoms with Crippen LogP contribution in [0.4, 0.5) is 9.52 Å². The Morgan fingerprint density at radius 3 is 2.67 bits per heavy atom. The van der Waals surface area contributed by atoms with Gasteiger partial charge in [0.25, 0.3) is 5.91 Å². The standard InChI is InChI=1S/C23H17ClFN3O4S/c1-12-6-8-14(9-7-12)17-11-33-23(26-17)27-18(29)10-31-22(30)19-13(2)32-28-21(19)20-15(24)4-3-5-16(20)25/h3-9,11H,10H2,1-2H3,(H,26,27,29). The fourth-order valence-corrected chi connectivity index (χ4v) is 4.04. The average Bonchev–Trinajstić information content (AvgIpc) is 3.39. The van der Waals surface area contributed by atoms with Gasteiger partial charge in [0, 0.05) is 10.9 Å². The summed E-state index contributed by atoms with van der Waals surface area (Å²) in [6.07, 6.45) is 0. The molecular weight excluding hydrogens is 469 g/mol. The van der Waals surface area contributed by atoms with Crippen LogP contribution in [0.1, 0.15) is 21.7 Å². The van der Waals surface area contributed by atoms with E-state index in [0.29, 0.717) is 5.13 Å². The Labute approximate surface area is 197 Å². The van der Waals surface area contributed by atoms with E-state index in [1.807, 2.05) is 36.6 Å². The van der Waals surface area contributed by atoms with Crippen LogP contribution in [-0.4, -0.2) is 28.6 Å². The number of hydrogen-bond donors (Lipinski definition) is 1. The summed E-state index contributed by atoms with van der Waals surface area (Å²) in [7, 11) is 0. The number of rotatable bonds is 6. The van der Waals surface area contributed by atoms with Crippen molar-refractivity contribution < 1.29 is 23.2 Å². The molecular formula is C23H17ClFN3O4S. The molecule has 0 saturated heterocycles. The summed E-state index contributed by atoms with van der Waals surface area (Å²) in [4.78, 5) is 29.3. The largest absolute Gasteiger partial charge is 0.452 e. The Kier molecular flexibility index (Phi) is 6.52. The lowest BCUT2D eigenvalue weighted by Crippen LogP contribution is -2.21. The van der Waals surface area contributed by atoms with Gasteiger partial charge in [-0.15, -0.1) is 11.3 Å². The van der Waals surface area contributed by atoms with E-state index in [-0.39, 0.29) is 27.6 Å². The minimum absolute atomic E-state index is 0.0586. The summed E-state index contributed by atoms with van der Waals surface area (Å²) in [5.41, 5.74) is 2.49. The lowest BCUT2D eigenvalue weighted by atomic mass is 10.1. The molecule has 33 heavy (non-hydrogen) atoms. The first-order valence-corrected chi connectivity index (χ1v) is 11.0. The summed E-state index contributed by atoms with van der Waals surface area (Å²) in [6.45, 7) is 2.89. The van der Waals surface area contributed by atoms with Crippen LogP contribution < -0.4 is 5.32 Å². The third kappa shape index (κ3) is 4.94. The molecule has 0 aliphatic rings. The second-order valence-corrected chi connectivity index (χ2v) is 8.35. The van der Waals surface area contributed by atoms with Gasteiger partial charge in [-0.3, -0.25) is 10.1 Å². The summed E-state index contributed by atoms with van der Waals surface area (Å²) in [6, 6.07) is 11.9. The quantitative estimate of drug-likeness (QED) is 0.353. The van der Waals surface area contributed by atoms with E-state index in [4.69, 9.17) is 20.9 Å². The van der Waals surface area contributed by atoms with Crippen LogP contribution in [-0.2, 0) is 9.53 Å². The lowest BCUT2D eigenvalue weighted by molar-refractivity contribution is -0.119. The van der Waals surface area contributed by atoms with Crippen LogP contribution >= 0.6 is 22.9 Å². The second-order valence-electron chi connectivity index (χ2n) is 7.09. The van der Waals surface area contributed by atoms with Gasteiger partial charge in [0.2, 0.25) is 0 Å². The normalized spacial score (nSPS) is 10.8. The molecule has 168 valence electrons. The number of thiazole rings is 1. The van der Waals surface area contributed by atoms with Crippen molar-refractivity contribution in [1.29, 1.82) is 0 Å². The smallest absolute Gasteiger partial charge is 0.344 e. The maximum absolute atomic E-state index is 14.3. The van der Waals surface area contributed by atoms with Crippen molar-refractivity contribution in [2.45, 2.75) is 13.8 Å². The number of aromatic nitrogens is 2. The fraction of sp³-hybridized carbons (Fsp3) is 0.130. The van der Waals surface area contributed by atoms with Gasteiger partial charge in [-0.05, 0) is 26.0 Å². The summed E-state index contributed by atoms with van der Waals surface area (Å²) < 4.78 is 24.5. The van der Waals surface area contributed by atoms with E-state index >= 15 is 0 Å². The average molecular weight is 486 g/mol. The van der Waals surface area contributed by atoms with Crippen molar-refractivity contribution in [1.82, 2.24) is 10.1 Å². The van der Waals surface area contributed by atoms with E-state index in [0.717, 1.165) is 16.8 Å². The van der Waals surface area contributed by atoms with Crippen LogP contribution in [0.15, 0.2) is 52.4 Å².